The summed E-state index contributed by atoms with van der Waals surface area (Å²) in [6.45, 7) is 2.85. The molecule has 0 radical (unpaired) electrons. The highest BCUT2D eigenvalue weighted by Crippen LogP contribution is 2.08. The molecular weight excluding hydrogens is 256 g/mol. The molecule has 0 saturated heterocycles. The highest BCUT2D eigenvalue weighted by molar-refractivity contribution is 5.75. The lowest BCUT2D eigenvalue weighted by molar-refractivity contribution is 0.0880. The molecular formula is C14H20N4O2. The number of hydrogen-bond acceptors (Lipinski definition) is 4. The molecule has 0 unspecified atom stereocenters. The van der Waals surface area contributed by atoms with Crippen molar-refractivity contribution in [2.24, 2.45) is 0 Å². The molecule has 0 spiro atoms. The van der Waals surface area contributed by atoms with Crippen molar-refractivity contribution in [1.29, 1.82) is 0 Å². The monoisotopic (exact) mass is 276 g/mol. The predicted octanol–water partition coefficient (Wildman–Crippen LogP) is 2.49. The Morgan fingerprint density at radius 1 is 1.30 bits per heavy atom. The van der Waals surface area contributed by atoms with E-state index in [1.165, 1.54) is 17.7 Å². The van der Waals surface area contributed by atoms with Gasteiger partial charge in [0, 0.05) is 13.6 Å². The molecule has 1 aromatic carbocycles. The van der Waals surface area contributed by atoms with E-state index in [1.54, 1.807) is 11.9 Å². The molecule has 6 nitrogen and oxygen atoms in total. The van der Waals surface area contributed by atoms with Crippen molar-refractivity contribution in [2.45, 2.75) is 32.6 Å². The van der Waals surface area contributed by atoms with Crippen LogP contribution in [0.25, 0.3) is 11.0 Å². The van der Waals surface area contributed by atoms with Gasteiger partial charge in [-0.1, -0.05) is 43.2 Å². The quantitative estimate of drug-likeness (QED) is 0.601. The summed E-state index contributed by atoms with van der Waals surface area (Å²) in [5, 5.41) is 7.76. The van der Waals surface area contributed by atoms with Gasteiger partial charge in [0.1, 0.15) is 11.0 Å². The SMILES string of the molecule is CCCCCCN(C)C(=O)On1nnc2ccccc21. The van der Waals surface area contributed by atoms with Gasteiger partial charge in [-0.05, 0) is 23.8 Å². The van der Waals surface area contributed by atoms with Crippen molar-refractivity contribution in [3.8, 4) is 0 Å². The molecule has 1 heterocycles. The summed E-state index contributed by atoms with van der Waals surface area (Å²) in [6, 6.07) is 7.35. The normalized spacial score (nSPS) is 10.7. The lowest BCUT2D eigenvalue weighted by Gasteiger charge is -2.15. The van der Waals surface area contributed by atoms with Gasteiger partial charge < -0.3 is 4.90 Å². The number of aromatic nitrogens is 3. The number of hydrogen-bond donors (Lipinski definition) is 0. The van der Waals surface area contributed by atoms with Crippen LogP contribution in [0.5, 0.6) is 0 Å². The molecule has 2 aromatic rings. The van der Waals surface area contributed by atoms with Crippen LogP contribution in [0.3, 0.4) is 0 Å². The molecule has 0 saturated carbocycles. The summed E-state index contributed by atoms with van der Waals surface area (Å²) in [5.74, 6) is 0. The number of unbranched alkanes of at least 4 members (excludes halogenated alkanes) is 3. The molecule has 0 bridgehead atoms. The van der Waals surface area contributed by atoms with Crippen molar-refractivity contribution in [1.82, 2.24) is 20.1 Å². The van der Waals surface area contributed by atoms with E-state index in [2.05, 4.69) is 17.2 Å². The van der Waals surface area contributed by atoms with E-state index in [0.717, 1.165) is 12.8 Å². The number of rotatable bonds is 6. The molecule has 6 heteroatoms. The largest absolute Gasteiger partial charge is 0.435 e. The second-order valence-corrected chi connectivity index (χ2v) is 4.79. The number of para-hydroxylation sites is 1. The minimum Gasteiger partial charge on any atom is -0.309 e. The van der Waals surface area contributed by atoms with Gasteiger partial charge in [0.2, 0.25) is 0 Å². The highest BCUT2D eigenvalue weighted by atomic mass is 16.7. The lowest BCUT2D eigenvalue weighted by atomic mass is 10.2. The molecule has 0 aliphatic carbocycles. The third kappa shape index (κ3) is 3.46. The number of carbonyl (C=O) groups is 1. The Morgan fingerprint density at radius 3 is 2.90 bits per heavy atom. The number of fused-ring (bicyclic) bond motifs is 1. The minimum absolute atomic E-state index is 0.419. The van der Waals surface area contributed by atoms with Gasteiger partial charge in [-0.3, -0.25) is 4.84 Å². The summed E-state index contributed by atoms with van der Waals surface area (Å²) in [5.41, 5.74) is 1.38. The second kappa shape index (κ2) is 6.88. The van der Waals surface area contributed by atoms with Crippen LogP contribution in [-0.4, -0.2) is 39.7 Å². The number of amides is 1. The van der Waals surface area contributed by atoms with Gasteiger partial charge in [-0.25, -0.2) is 4.79 Å². The van der Waals surface area contributed by atoms with Crippen LogP contribution in [0.1, 0.15) is 32.6 Å². The highest BCUT2D eigenvalue weighted by Gasteiger charge is 2.13. The molecule has 0 aliphatic heterocycles. The van der Waals surface area contributed by atoms with Gasteiger partial charge in [-0.15, -0.1) is 5.10 Å². The smallest absolute Gasteiger partial charge is 0.309 e. The first-order chi connectivity index (χ1) is 9.72. The van der Waals surface area contributed by atoms with E-state index < -0.39 is 6.09 Å². The zero-order valence-electron chi connectivity index (χ0n) is 12.0. The molecule has 0 N–H and O–H groups in total. The maximum absolute atomic E-state index is 11.9. The average molecular weight is 276 g/mol. The zero-order chi connectivity index (χ0) is 14.4. The Balaban J connectivity index is 1.90. The summed E-state index contributed by atoms with van der Waals surface area (Å²) < 4.78 is 0. The van der Waals surface area contributed by atoms with Gasteiger partial charge in [-0.2, -0.15) is 0 Å². The number of nitrogens with zero attached hydrogens (tertiary/aromatic N) is 4. The Bertz CT molecular complexity index is 567. The van der Waals surface area contributed by atoms with Crippen LogP contribution >= 0.6 is 0 Å². The van der Waals surface area contributed by atoms with Crippen molar-refractivity contribution in [3.63, 3.8) is 0 Å². The van der Waals surface area contributed by atoms with Crippen LogP contribution in [0, 0.1) is 0 Å². The Labute approximate surface area is 118 Å². The topological polar surface area (TPSA) is 60.2 Å². The van der Waals surface area contributed by atoms with E-state index in [1.807, 2.05) is 24.3 Å². The Morgan fingerprint density at radius 2 is 2.10 bits per heavy atom. The van der Waals surface area contributed by atoms with Crippen molar-refractivity contribution in [2.75, 3.05) is 13.6 Å². The molecule has 0 fully saturated rings. The van der Waals surface area contributed by atoms with Crippen LogP contribution in [0.4, 0.5) is 4.79 Å². The number of carbonyl (C=O) groups excluding carboxylic acids is 1. The summed E-state index contributed by atoms with van der Waals surface area (Å²) in [4.78, 5) is 19.9. The van der Waals surface area contributed by atoms with Crippen molar-refractivity contribution >= 4 is 17.1 Å². The van der Waals surface area contributed by atoms with Crippen LogP contribution < -0.4 is 4.84 Å². The predicted molar refractivity (Wildman–Crippen MR) is 76.3 cm³/mol. The number of benzene rings is 1. The maximum Gasteiger partial charge on any atom is 0.435 e. The Kier molecular flexibility index (Phi) is 4.92. The first kappa shape index (κ1) is 14.3. The molecule has 2 rings (SSSR count). The fourth-order valence-electron chi connectivity index (χ4n) is 1.93. The molecule has 0 atom stereocenters. The van der Waals surface area contributed by atoms with E-state index in [9.17, 15) is 4.79 Å². The fraction of sp³-hybridized carbons (Fsp3) is 0.500. The van der Waals surface area contributed by atoms with E-state index in [0.29, 0.717) is 17.6 Å². The van der Waals surface area contributed by atoms with Gasteiger partial charge in [0.25, 0.3) is 0 Å². The van der Waals surface area contributed by atoms with Crippen LogP contribution in [-0.2, 0) is 0 Å². The van der Waals surface area contributed by atoms with Gasteiger partial charge in [0.05, 0.1) is 0 Å². The van der Waals surface area contributed by atoms with E-state index in [4.69, 9.17) is 4.84 Å². The molecule has 1 amide bonds. The molecule has 20 heavy (non-hydrogen) atoms. The lowest BCUT2D eigenvalue weighted by Crippen LogP contribution is -2.35. The van der Waals surface area contributed by atoms with E-state index in [-0.39, 0.29) is 0 Å². The van der Waals surface area contributed by atoms with Crippen molar-refractivity contribution in [3.05, 3.63) is 24.3 Å². The maximum atomic E-state index is 11.9. The van der Waals surface area contributed by atoms with Crippen LogP contribution in [0.15, 0.2) is 24.3 Å². The third-order valence-corrected chi connectivity index (χ3v) is 3.14. The Hall–Kier alpha value is -2.11. The fourth-order valence-corrected chi connectivity index (χ4v) is 1.93. The average Bonchev–Trinajstić information content (AvgIpc) is 2.87. The van der Waals surface area contributed by atoms with Crippen LogP contribution in [0.2, 0.25) is 0 Å². The first-order valence-electron chi connectivity index (χ1n) is 6.96. The minimum atomic E-state index is -0.419. The van der Waals surface area contributed by atoms with Crippen molar-refractivity contribution < 1.29 is 9.63 Å². The van der Waals surface area contributed by atoms with Gasteiger partial charge >= 0.3 is 6.09 Å². The molecule has 0 aliphatic rings. The zero-order valence-corrected chi connectivity index (χ0v) is 12.0. The first-order valence-corrected chi connectivity index (χ1v) is 6.96. The second-order valence-electron chi connectivity index (χ2n) is 4.79. The van der Waals surface area contributed by atoms with Gasteiger partial charge in [0.15, 0.2) is 0 Å². The summed E-state index contributed by atoms with van der Waals surface area (Å²) >= 11 is 0. The third-order valence-electron chi connectivity index (χ3n) is 3.14. The molecule has 1 aromatic heterocycles. The summed E-state index contributed by atoms with van der Waals surface area (Å²) in [6.07, 6.45) is 4.06. The van der Waals surface area contributed by atoms with E-state index >= 15 is 0 Å². The molecule has 108 valence electrons. The standard InChI is InChI=1S/C14H20N4O2/c1-3-4-5-8-11-17(2)14(19)20-18-13-10-7-6-9-12(13)15-16-18/h6-7,9-10H,3-5,8,11H2,1-2H3. The summed E-state index contributed by atoms with van der Waals surface area (Å²) in [7, 11) is 1.73.